The lowest BCUT2D eigenvalue weighted by Crippen LogP contribution is -2.06. The van der Waals surface area contributed by atoms with Crippen LogP contribution in [0, 0.1) is 0 Å². The number of hydrogen-bond donors (Lipinski definition) is 1. The second-order valence-corrected chi connectivity index (χ2v) is 4.58. The summed E-state index contributed by atoms with van der Waals surface area (Å²) >= 11 is 0. The van der Waals surface area contributed by atoms with Gasteiger partial charge in [-0.3, -0.25) is 0 Å². The van der Waals surface area contributed by atoms with E-state index >= 15 is 0 Å². The third kappa shape index (κ3) is 2.05. The maximum Gasteiger partial charge on any atom is 0.280 e. The van der Waals surface area contributed by atoms with Gasteiger partial charge >= 0.3 is 0 Å². The smallest absolute Gasteiger partial charge is 0.280 e. The highest BCUT2D eigenvalue weighted by Crippen LogP contribution is 2.32. The van der Waals surface area contributed by atoms with Gasteiger partial charge in [-0.1, -0.05) is 24.4 Å². The molecule has 2 aromatic rings. The number of nitrogen functional groups attached to an aromatic ring is 1. The summed E-state index contributed by atoms with van der Waals surface area (Å²) in [7, 11) is 0. The van der Waals surface area contributed by atoms with E-state index in [-0.39, 0.29) is 0 Å². The van der Waals surface area contributed by atoms with Crippen LogP contribution in [0.1, 0.15) is 43.8 Å². The van der Waals surface area contributed by atoms with Crippen LogP contribution in [-0.4, -0.2) is 20.1 Å². The molecule has 0 bridgehead atoms. The van der Waals surface area contributed by atoms with E-state index in [0.29, 0.717) is 23.3 Å². The highest BCUT2D eigenvalue weighted by Gasteiger charge is 2.22. The highest BCUT2D eigenvalue weighted by molar-refractivity contribution is 5.61. The van der Waals surface area contributed by atoms with Crippen molar-refractivity contribution in [2.75, 3.05) is 5.73 Å². The van der Waals surface area contributed by atoms with Crippen molar-refractivity contribution < 1.29 is 4.52 Å². The Labute approximate surface area is 105 Å². The second kappa shape index (κ2) is 4.72. The van der Waals surface area contributed by atoms with Crippen molar-refractivity contribution in [2.24, 2.45) is 0 Å². The molecule has 18 heavy (non-hydrogen) atoms. The first-order valence-electron chi connectivity index (χ1n) is 6.25. The van der Waals surface area contributed by atoms with Gasteiger partial charge in [-0.25, -0.2) is 9.97 Å². The van der Waals surface area contributed by atoms with Crippen LogP contribution in [0.2, 0.25) is 0 Å². The first-order chi connectivity index (χ1) is 8.84. The fourth-order valence-corrected chi connectivity index (χ4v) is 2.37. The summed E-state index contributed by atoms with van der Waals surface area (Å²) in [5.41, 5.74) is 6.20. The first kappa shape index (κ1) is 11.1. The second-order valence-electron chi connectivity index (χ2n) is 4.58. The molecule has 1 fully saturated rings. The summed E-state index contributed by atoms with van der Waals surface area (Å²) in [5.74, 6) is 1.86. The molecule has 1 aliphatic rings. The van der Waals surface area contributed by atoms with E-state index in [2.05, 4.69) is 20.1 Å². The molecule has 0 atom stereocenters. The Morgan fingerprint density at radius 1 is 1.11 bits per heavy atom. The van der Waals surface area contributed by atoms with Crippen LogP contribution in [0.3, 0.4) is 0 Å². The van der Waals surface area contributed by atoms with Crippen LogP contribution in [0.15, 0.2) is 16.9 Å². The van der Waals surface area contributed by atoms with Crippen molar-refractivity contribution in [2.45, 2.75) is 38.0 Å². The van der Waals surface area contributed by atoms with Crippen LogP contribution >= 0.6 is 0 Å². The van der Waals surface area contributed by atoms with Gasteiger partial charge < -0.3 is 10.3 Å². The largest absolute Gasteiger partial charge is 0.382 e. The van der Waals surface area contributed by atoms with E-state index in [4.69, 9.17) is 10.3 Å². The van der Waals surface area contributed by atoms with E-state index in [1.807, 2.05) is 0 Å². The minimum absolute atomic E-state index is 0.316. The molecule has 0 saturated heterocycles. The van der Waals surface area contributed by atoms with Gasteiger partial charge in [0, 0.05) is 18.3 Å². The fraction of sp³-hybridized carbons (Fsp3) is 0.500. The van der Waals surface area contributed by atoms with Crippen molar-refractivity contribution in [1.82, 2.24) is 20.1 Å². The lowest BCUT2D eigenvalue weighted by Gasteiger charge is -2.17. The Balaban J connectivity index is 1.87. The maximum atomic E-state index is 5.74. The van der Waals surface area contributed by atoms with Gasteiger partial charge in [0.25, 0.3) is 5.89 Å². The Hall–Kier alpha value is -1.98. The molecule has 6 nitrogen and oxygen atoms in total. The molecule has 0 unspecified atom stereocenters. The summed E-state index contributed by atoms with van der Waals surface area (Å²) in [6, 6.07) is 0. The van der Waals surface area contributed by atoms with Crippen LogP contribution < -0.4 is 5.73 Å². The normalized spacial score (nSPS) is 16.9. The molecule has 0 aliphatic heterocycles. The summed E-state index contributed by atoms with van der Waals surface area (Å²) in [6.45, 7) is 0. The zero-order valence-corrected chi connectivity index (χ0v) is 10.0. The minimum Gasteiger partial charge on any atom is -0.382 e. The SMILES string of the molecule is Nc1nccnc1-c1nc(C2CCCCC2)no1. The van der Waals surface area contributed by atoms with Crippen LogP contribution in [0.4, 0.5) is 5.82 Å². The van der Waals surface area contributed by atoms with Gasteiger partial charge in [0.15, 0.2) is 17.3 Å². The van der Waals surface area contributed by atoms with E-state index in [1.165, 1.54) is 25.5 Å². The van der Waals surface area contributed by atoms with Crippen LogP contribution in [0.25, 0.3) is 11.6 Å². The number of nitrogens with zero attached hydrogens (tertiary/aromatic N) is 4. The van der Waals surface area contributed by atoms with Crippen LogP contribution in [-0.2, 0) is 0 Å². The molecule has 0 amide bonds. The summed E-state index contributed by atoms with van der Waals surface area (Å²) in [5, 5.41) is 4.05. The number of rotatable bonds is 2. The molecular formula is C12H15N5O. The average Bonchev–Trinajstić information content (AvgIpc) is 2.90. The van der Waals surface area contributed by atoms with Gasteiger partial charge in [-0.05, 0) is 12.8 Å². The quantitative estimate of drug-likeness (QED) is 0.871. The van der Waals surface area contributed by atoms with Crippen molar-refractivity contribution >= 4 is 5.82 Å². The molecule has 6 heteroatoms. The number of aromatic nitrogens is 4. The molecule has 0 radical (unpaired) electrons. The topological polar surface area (TPSA) is 90.7 Å². The monoisotopic (exact) mass is 245 g/mol. The summed E-state index contributed by atoms with van der Waals surface area (Å²) < 4.78 is 5.24. The van der Waals surface area contributed by atoms with Gasteiger partial charge in [-0.15, -0.1) is 0 Å². The standard InChI is InChI=1S/C12H15N5O/c13-10-9(14-6-7-15-10)12-16-11(17-18-12)8-4-2-1-3-5-8/h6-8H,1-5H2,(H2,13,15). The van der Waals surface area contributed by atoms with E-state index in [1.54, 1.807) is 6.20 Å². The van der Waals surface area contributed by atoms with Gasteiger partial charge in [0.1, 0.15) is 0 Å². The molecule has 2 heterocycles. The molecule has 2 N–H and O–H groups in total. The van der Waals surface area contributed by atoms with Crippen molar-refractivity contribution in [1.29, 1.82) is 0 Å². The molecule has 3 rings (SSSR count). The Bertz CT molecular complexity index is 533. The van der Waals surface area contributed by atoms with E-state index < -0.39 is 0 Å². The van der Waals surface area contributed by atoms with Gasteiger partial charge in [0.2, 0.25) is 0 Å². The molecular weight excluding hydrogens is 230 g/mol. The predicted molar refractivity (Wildman–Crippen MR) is 65.6 cm³/mol. The predicted octanol–water partition coefficient (Wildman–Crippen LogP) is 2.16. The zero-order valence-electron chi connectivity index (χ0n) is 10.0. The third-order valence-corrected chi connectivity index (χ3v) is 3.34. The summed E-state index contributed by atoms with van der Waals surface area (Å²) in [4.78, 5) is 12.5. The van der Waals surface area contributed by atoms with Gasteiger partial charge in [0.05, 0.1) is 0 Å². The Morgan fingerprint density at radius 3 is 2.67 bits per heavy atom. The molecule has 0 aromatic carbocycles. The number of anilines is 1. The third-order valence-electron chi connectivity index (χ3n) is 3.34. The molecule has 94 valence electrons. The van der Waals surface area contributed by atoms with Crippen LogP contribution in [0.5, 0.6) is 0 Å². The van der Waals surface area contributed by atoms with Crippen molar-refractivity contribution in [3.63, 3.8) is 0 Å². The first-order valence-corrected chi connectivity index (χ1v) is 6.25. The zero-order chi connectivity index (χ0) is 12.4. The maximum absolute atomic E-state index is 5.74. The number of nitrogens with two attached hydrogens (primary N) is 1. The van der Waals surface area contributed by atoms with E-state index in [0.717, 1.165) is 18.7 Å². The molecule has 1 aliphatic carbocycles. The lowest BCUT2D eigenvalue weighted by atomic mass is 9.89. The molecule has 1 saturated carbocycles. The highest BCUT2D eigenvalue weighted by atomic mass is 16.5. The van der Waals surface area contributed by atoms with E-state index in [9.17, 15) is 0 Å². The number of hydrogen-bond acceptors (Lipinski definition) is 6. The Morgan fingerprint density at radius 2 is 1.89 bits per heavy atom. The average molecular weight is 245 g/mol. The van der Waals surface area contributed by atoms with Crippen molar-refractivity contribution in [3.8, 4) is 11.6 Å². The molecule has 2 aromatic heterocycles. The summed E-state index contributed by atoms with van der Waals surface area (Å²) in [6.07, 6.45) is 9.15. The van der Waals surface area contributed by atoms with Gasteiger partial charge in [-0.2, -0.15) is 4.98 Å². The fourth-order valence-electron chi connectivity index (χ4n) is 2.37. The van der Waals surface area contributed by atoms with Crippen molar-refractivity contribution in [3.05, 3.63) is 18.2 Å². The lowest BCUT2D eigenvalue weighted by molar-refractivity contribution is 0.385. The Kier molecular flexibility index (Phi) is 2.92. The molecule has 0 spiro atoms. The minimum atomic E-state index is 0.316.